The summed E-state index contributed by atoms with van der Waals surface area (Å²) in [4.78, 5) is 34.6. The summed E-state index contributed by atoms with van der Waals surface area (Å²) in [6.45, 7) is -0.703. The van der Waals surface area contributed by atoms with Crippen LogP contribution in [0.4, 0.5) is 4.79 Å². The third-order valence-corrected chi connectivity index (χ3v) is 4.20. The van der Waals surface area contributed by atoms with Crippen LogP contribution in [0.15, 0.2) is 11.4 Å². The first-order chi connectivity index (χ1) is 10.1. The molecule has 1 aliphatic rings. The second-order valence-electron chi connectivity index (χ2n) is 4.74. The average molecular weight is 311 g/mol. The van der Waals surface area contributed by atoms with Gasteiger partial charge in [0.05, 0.1) is 12.6 Å². The number of nitrogens with one attached hydrogen (secondary N) is 3. The number of urea groups is 1. The van der Waals surface area contributed by atoms with Gasteiger partial charge in [0.15, 0.2) is 0 Å². The number of aryl methyl sites for hydroxylation is 1. The van der Waals surface area contributed by atoms with Crippen LogP contribution in [0.5, 0.6) is 0 Å². The molecule has 1 aromatic heterocycles. The predicted molar refractivity (Wildman–Crippen MR) is 77.2 cm³/mol. The monoisotopic (exact) mass is 311 g/mol. The van der Waals surface area contributed by atoms with Crippen molar-refractivity contribution < 1.29 is 19.5 Å². The van der Waals surface area contributed by atoms with Crippen LogP contribution in [-0.2, 0) is 16.0 Å². The molecule has 0 saturated carbocycles. The van der Waals surface area contributed by atoms with Crippen molar-refractivity contribution >= 4 is 29.2 Å². The Bertz CT molecular complexity index is 543. The van der Waals surface area contributed by atoms with Gasteiger partial charge in [0.1, 0.15) is 6.54 Å². The molecule has 0 radical (unpaired) electrons. The van der Waals surface area contributed by atoms with Crippen LogP contribution < -0.4 is 16.0 Å². The molecule has 114 valence electrons. The van der Waals surface area contributed by atoms with E-state index in [2.05, 4.69) is 16.0 Å². The van der Waals surface area contributed by atoms with E-state index in [1.54, 1.807) is 11.3 Å². The lowest BCUT2D eigenvalue weighted by molar-refractivity contribution is -0.137. The third kappa shape index (κ3) is 4.45. The van der Waals surface area contributed by atoms with Crippen LogP contribution in [0, 0.1) is 0 Å². The van der Waals surface area contributed by atoms with Gasteiger partial charge < -0.3 is 21.1 Å². The van der Waals surface area contributed by atoms with Crippen molar-refractivity contribution in [2.45, 2.75) is 25.3 Å². The molecule has 1 aliphatic carbocycles. The van der Waals surface area contributed by atoms with Crippen LogP contribution in [0.2, 0.25) is 0 Å². The highest BCUT2D eigenvalue weighted by Gasteiger charge is 2.22. The van der Waals surface area contributed by atoms with Gasteiger partial charge in [0, 0.05) is 4.88 Å². The Morgan fingerprint density at radius 3 is 2.86 bits per heavy atom. The lowest BCUT2D eigenvalue weighted by atomic mass is 9.94. The maximum atomic E-state index is 11.8. The number of hydrogen-bond donors (Lipinski definition) is 4. The number of aliphatic carboxylic acids is 1. The maximum Gasteiger partial charge on any atom is 0.322 e. The number of carbonyl (C=O) groups excluding carboxylic acids is 2. The summed E-state index contributed by atoms with van der Waals surface area (Å²) in [6.07, 6.45) is 2.95. The molecule has 1 unspecified atom stereocenters. The van der Waals surface area contributed by atoms with Crippen molar-refractivity contribution in [3.05, 3.63) is 21.9 Å². The molecule has 0 bridgehead atoms. The largest absolute Gasteiger partial charge is 0.480 e. The minimum Gasteiger partial charge on any atom is -0.480 e. The van der Waals surface area contributed by atoms with Gasteiger partial charge >= 0.3 is 12.0 Å². The minimum atomic E-state index is -1.13. The number of hydrogen-bond acceptors (Lipinski definition) is 4. The summed E-state index contributed by atoms with van der Waals surface area (Å²) in [6, 6.07) is 1.57. The van der Waals surface area contributed by atoms with E-state index >= 15 is 0 Å². The first-order valence-electron chi connectivity index (χ1n) is 6.65. The molecule has 7 nitrogen and oxygen atoms in total. The number of amides is 3. The van der Waals surface area contributed by atoms with E-state index < -0.39 is 24.5 Å². The topological polar surface area (TPSA) is 108 Å². The quantitative estimate of drug-likeness (QED) is 0.639. The number of rotatable bonds is 5. The Labute approximate surface area is 125 Å². The van der Waals surface area contributed by atoms with Crippen molar-refractivity contribution in [3.8, 4) is 0 Å². The standard InChI is InChI=1S/C13H17N3O4S/c17-11(14-7-12(18)19)6-15-13(20)16-9-2-1-3-10-8(9)4-5-21-10/h4-5,9H,1-3,6-7H2,(H,14,17)(H,18,19)(H2,15,16,20). The van der Waals surface area contributed by atoms with E-state index in [1.165, 1.54) is 4.88 Å². The lowest BCUT2D eigenvalue weighted by Crippen LogP contribution is -2.44. The summed E-state index contributed by atoms with van der Waals surface area (Å²) in [5.41, 5.74) is 1.15. The molecule has 0 saturated heterocycles. The normalized spacial score (nSPS) is 16.7. The van der Waals surface area contributed by atoms with Crippen LogP contribution in [0.25, 0.3) is 0 Å². The molecule has 1 heterocycles. The number of thiophene rings is 1. The molecule has 21 heavy (non-hydrogen) atoms. The zero-order valence-corrected chi connectivity index (χ0v) is 12.2. The summed E-state index contributed by atoms with van der Waals surface area (Å²) < 4.78 is 0. The molecule has 1 atom stereocenters. The Hall–Kier alpha value is -2.09. The first kappa shape index (κ1) is 15.3. The molecule has 0 spiro atoms. The summed E-state index contributed by atoms with van der Waals surface area (Å²) in [7, 11) is 0. The van der Waals surface area contributed by atoms with Gasteiger partial charge in [0.25, 0.3) is 0 Å². The zero-order valence-electron chi connectivity index (χ0n) is 11.3. The SMILES string of the molecule is O=C(O)CNC(=O)CNC(=O)NC1CCCc2sccc21. The highest BCUT2D eigenvalue weighted by molar-refractivity contribution is 7.10. The highest BCUT2D eigenvalue weighted by Crippen LogP contribution is 2.32. The Morgan fingerprint density at radius 2 is 2.10 bits per heavy atom. The van der Waals surface area contributed by atoms with Gasteiger partial charge in [-0.2, -0.15) is 0 Å². The van der Waals surface area contributed by atoms with Crippen LogP contribution in [0.3, 0.4) is 0 Å². The molecule has 3 amide bonds. The Kier molecular flexibility index (Phi) is 5.15. The Morgan fingerprint density at radius 1 is 1.29 bits per heavy atom. The maximum absolute atomic E-state index is 11.8. The van der Waals surface area contributed by atoms with Crippen molar-refractivity contribution in [3.63, 3.8) is 0 Å². The van der Waals surface area contributed by atoms with E-state index in [-0.39, 0.29) is 12.6 Å². The zero-order chi connectivity index (χ0) is 15.2. The fraction of sp³-hybridized carbons (Fsp3) is 0.462. The number of carboxylic acid groups (broad SMARTS) is 1. The lowest BCUT2D eigenvalue weighted by Gasteiger charge is -2.23. The minimum absolute atomic E-state index is 0.0259. The average Bonchev–Trinajstić information content (AvgIpc) is 2.92. The van der Waals surface area contributed by atoms with Gasteiger partial charge in [-0.3, -0.25) is 9.59 Å². The first-order valence-corrected chi connectivity index (χ1v) is 7.53. The molecular weight excluding hydrogens is 294 g/mol. The van der Waals surface area contributed by atoms with Gasteiger partial charge in [-0.05, 0) is 36.3 Å². The second-order valence-corrected chi connectivity index (χ2v) is 5.74. The Balaban J connectivity index is 1.76. The number of carboxylic acids is 1. The van der Waals surface area contributed by atoms with Gasteiger partial charge in [-0.25, -0.2) is 4.79 Å². The summed E-state index contributed by atoms with van der Waals surface area (Å²) in [5.74, 6) is -1.66. The third-order valence-electron chi connectivity index (χ3n) is 3.20. The fourth-order valence-corrected chi connectivity index (χ4v) is 3.23. The molecule has 2 rings (SSSR count). The van der Waals surface area contributed by atoms with Crippen LogP contribution in [-0.4, -0.2) is 36.1 Å². The highest BCUT2D eigenvalue weighted by atomic mass is 32.1. The smallest absolute Gasteiger partial charge is 0.322 e. The van der Waals surface area contributed by atoms with E-state index in [9.17, 15) is 14.4 Å². The van der Waals surface area contributed by atoms with Crippen molar-refractivity contribution in [1.29, 1.82) is 0 Å². The number of carbonyl (C=O) groups is 3. The number of fused-ring (bicyclic) bond motifs is 1. The summed E-state index contributed by atoms with van der Waals surface area (Å²) >= 11 is 1.69. The molecule has 8 heteroatoms. The molecular formula is C13H17N3O4S. The predicted octanol–water partition coefficient (Wildman–Crippen LogP) is 0.625. The van der Waals surface area contributed by atoms with Crippen LogP contribution >= 0.6 is 11.3 Å². The van der Waals surface area contributed by atoms with Crippen molar-refractivity contribution in [1.82, 2.24) is 16.0 Å². The molecule has 1 aromatic rings. The summed E-state index contributed by atoms with van der Waals surface area (Å²) in [5, 5.41) is 17.9. The van der Waals surface area contributed by atoms with E-state index in [4.69, 9.17) is 5.11 Å². The van der Waals surface area contributed by atoms with Gasteiger partial charge in [-0.1, -0.05) is 0 Å². The molecule has 4 N–H and O–H groups in total. The molecule has 0 aliphatic heterocycles. The fourth-order valence-electron chi connectivity index (χ4n) is 2.24. The van der Waals surface area contributed by atoms with Crippen molar-refractivity contribution in [2.24, 2.45) is 0 Å². The van der Waals surface area contributed by atoms with Crippen molar-refractivity contribution in [2.75, 3.05) is 13.1 Å². The van der Waals surface area contributed by atoms with Gasteiger partial charge in [0.2, 0.25) is 5.91 Å². The van der Waals surface area contributed by atoms with E-state index in [1.807, 2.05) is 11.4 Å². The van der Waals surface area contributed by atoms with Crippen LogP contribution in [0.1, 0.15) is 29.3 Å². The van der Waals surface area contributed by atoms with E-state index in [0.717, 1.165) is 24.8 Å². The second kappa shape index (κ2) is 7.07. The van der Waals surface area contributed by atoms with Gasteiger partial charge in [-0.15, -0.1) is 11.3 Å². The molecule has 0 fully saturated rings. The van der Waals surface area contributed by atoms with E-state index in [0.29, 0.717) is 0 Å². The molecule has 0 aromatic carbocycles.